The molecular formula is C10H16N4O. The average Bonchev–Trinajstić information content (AvgIpc) is 2.63. The fourth-order valence-corrected chi connectivity index (χ4v) is 2.14. The minimum absolute atomic E-state index is 0.160. The number of fused-ring (bicyclic) bond motifs is 1. The Balaban J connectivity index is 2.30. The van der Waals surface area contributed by atoms with Gasteiger partial charge in [-0.15, -0.1) is 5.10 Å². The second-order valence-corrected chi connectivity index (χ2v) is 4.00. The van der Waals surface area contributed by atoms with E-state index < -0.39 is 5.91 Å². The third kappa shape index (κ3) is 1.86. The van der Waals surface area contributed by atoms with Crippen LogP contribution in [0, 0.1) is 0 Å². The van der Waals surface area contributed by atoms with Crippen molar-refractivity contribution in [1.29, 1.82) is 0 Å². The van der Waals surface area contributed by atoms with Crippen molar-refractivity contribution in [3.63, 3.8) is 0 Å². The molecule has 1 aliphatic heterocycles. The number of nitrogens with zero attached hydrogens (tertiary/aromatic N) is 3. The molecule has 1 aromatic heterocycles. The van der Waals surface area contributed by atoms with Gasteiger partial charge in [-0.3, -0.25) is 4.79 Å². The molecule has 0 spiro atoms. The Hall–Kier alpha value is -1.39. The van der Waals surface area contributed by atoms with Crippen LogP contribution >= 0.6 is 0 Å². The predicted octanol–water partition coefficient (Wildman–Crippen LogP) is 1.05. The van der Waals surface area contributed by atoms with Crippen molar-refractivity contribution in [3.05, 3.63) is 11.6 Å². The number of primary amides is 1. The summed E-state index contributed by atoms with van der Waals surface area (Å²) in [5, 5.41) is 4.18. The number of amides is 1. The summed E-state index contributed by atoms with van der Waals surface area (Å²) < 4.78 is 1.90. The highest BCUT2D eigenvalue weighted by atomic mass is 16.1. The van der Waals surface area contributed by atoms with Gasteiger partial charge in [0.25, 0.3) is 5.91 Å². The molecule has 1 unspecified atom stereocenters. The number of rotatable bonds is 3. The molecular weight excluding hydrogens is 192 g/mol. The van der Waals surface area contributed by atoms with E-state index in [0.717, 1.165) is 37.9 Å². The molecule has 1 aromatic rings. The second kappa shape index (κ2) is 4.00. The first-order valence-electron chi connectivity index (χ1n) is 5.47. The van der Waals surface area contributed by atoms with Crippen LogP contribution in [-0.2, 0) is 6.42 Å². The third-order valence-electron chi connectivity index (χ3n) is 2.83. The molecule has 1 atom stereocenters. The van der Waals surface area contributed by atoms with Crippen LogP contribution in [0.25, 0.3) is 0 Å². The van der Waals surface area contributed by atoms with Gasteiger partial charge in [0.15, 0.2) is 0 Å². The van der Waals surface area contributed by atoms with Gasteiger partial charge in [-0.05, 0) is 19.3 Å². The van der Waals surface area contributed by atoms with Crippen LogP contribution < -0.4 is 5.73 Å². The molecule has 1 aliphatic rings. The van der Waals surface area contributed by atoms with Crippen molar-refractivity contribution in [2.24, 2.45) is 5.73 Å². The van der Waals surface area contributed by atoms with Crippen LogP contribution in [0.15, 0.2) is 0 Å². The monoisotopic (exact) mass is 208 g/mol. The van der Waals surface area contributed by atoms with Crippen LogP contribution in [0.2, 0.25) is 0 Å². The van der Waals surface area contributed by atoms with Gasteiger partial charge in [0.1, 0.15) is 5.82 Å². The lowest BCUT2D eigenvalue weighted by atomic mass is 10.0. The topological polar surface area (TPSA) is 73.8 Å². The molecule has 0 saturated carbocycles. The summed E-state index contributed by atoms with van der Waals surface area (Å²) >= 11 is 0. The van der Waals surface area contributed by atoms with Gasteiger partial charge in [-0.2, -0.15) is 0 Å². The lowest BCUT2D eigenvalue weighted by Crippen LogP contribution is -2.19. The van der Waals surface area contributed by atoms with Crippen molar-refractivity contribution in [1.82, 2.24) is 14.8 Å². The average molecular weight is 208 g/mol. The number of hydrogen-bond donors (Lipinski definition) is 1. The lowest BCUT2D eigenvalue weighted by molar-refractivity contribution is 0.0990. The Morgan fingerprint density at radius 2 is 2.47 bits per heavy atom. The normalized spacial score (nSPS) is 19.9. The number of aromatic nitrogens is 3. The fourth-order valence-electron chi connectivity index (χ4n) is 2.14. The Morgan fingerprint density at radius 3 is 3.13 bits per heavy atom. The van der Waals surface area contributed by atoms with Crippen molar-refractivity contribution in [2.45, 2.75) is 45.1 Å². The van der Waals surface area contributed by atoms with Crippen LogP contribution in [0.4, 0.5) is 0 Å². The summed E-state index contributed by atoms with van der Waals surface area (Å²) in [6.45, 7) is 2.15. The van der Waals surface area contributed by atoms with Crippen LogP contribution in [0.5, 0.6) is 0 Å². The van der Waals surface area contributed by atoms with Crippen molar-refractivity contribution < 1.29 is 4.79 Å². The highest BCUT2D eigenvalue weighted by molar-refractivity contribution is 5.88. The molecule has 2 N–H and O–H groups in total. The smallest absolute Gasteiger partial charge is 0.288 e. The number of aryl methyl sites for hydroxylation is 1. The van der Waals surface area contributed by atoms with Gasteiger partial charge in [0.05, 0.1) is 6.04 Å². The van der Waals surface area contributed by atoms with E-state index in [-0.39, 0.29) is 5.82 Å². The van der Waals surface area contributed by atoms with E-state index in [4.69, 9.17) is 5.73 Å². The van der Waals surface area contributed by atoms with E-state index in [1.165, 1.54) is 0 Å². The Kier molecular flexibility index (Phi) is 2.70. The summed E-state index contributed by atoms with van der Waals surface area (Å²) in [7, 11) is 0. The molecule has 5 heteroatoms. The maximum atomic E-state index is 11.0. The highest BCUT2D eigenvalue weighted by Gasteiger charge is 2.23. The first-order chi connectivity index (χ1) is 7.22. The van der Waals surface area contributed by atoms with Crippen molar-refractivity contribution in [3.8, 4) is 0 Å². The molecule has 0 bridgehead atoms. The summed E-state index contributed by atoms with van der Waals surface area (Å²) in [5.41, 5.74) is 5.17. The number of hydrogen-bond acceptors (Lipinski definition) is 3. The van der Waals surface area contributed by atoms with Crippen LogP contribution in [0.1, 0.15) is 55.1 Å². The highest BCUT2D eigenvalue weighted by Crippen LogP contribution is 2.26. The zero-order chi connectivity index (χ0) is 10.8. The van der Waals surface area contributed by atoms with E-state index in [2.05, 4.69) is 17.0 Å². The Labute approximate surface area is 88.7 Å². The van der Waals surface area contributed by atoms with E-state index in [1.54, 1.807) is 0 Å². The molecule has 2 rings (SSSR count). The SMILES string of the molecule is CCCC1CCCc2nc(C(N)=O)nn21. The number of nitrogens with two attached hydrogens (primary N) is 1. The molecule has 0 aliphatic carbocycles. The number of carbonyl (C=O) groups is 1. The van der Waals surface area contributed by atoms with Crippen LogP contribution in [-0.4, -0.2) is 20.7 Å². The first kappa shape index (κ1) is 10.1. The molecule has 0 radical (unpaired) electrons. The molecule has 2 heterocycles. The summed E-state index contributed by atoms with van der Waals surface area (Å²) in [4.78, 5) is 15.1. The first-order valence-corrected chi connectivity index (χ1v) is 5.47. The third-order valence-corrected chi connectivity index (χ3v) is 2.83. The second-order valence-electron chi connectivity index (χ2n) is 4.00. The molecule has 0 saturated heterocycles. The zero-order valence-electron chi connectivity index (χ0n) is 8.94. The van der Waals surface area contributed by atoms with E-state index in [0.29, 0.717) is 6.04 Å². The van der Waals surface area contributed by atoms with Gasteiger partial charge >= 0.3 is 0 Å². The zero-order valence-corrected chi connectivity index (χ0v) is 8.94. The molecule has 5 nitrogen and oxygen atoms in total. The number of carbonyl (C=O) groups excluding carboxylic acids is 1. The van der Waals surface area contributed by atoms with E-state index >= 15 is 0 Å². The quantitative estimate of drug-likeness (QED) is 0.807. The van der Waals surface area contributed by atoms with Crippen LogP contribution in [0.3, 0.4) is 0 Å². The fraction of sp³-hybridized carbons (Fsp3) is 0.700. The molecule has 0 aromatic carbocycles. The minimum atomic E-state index is -0.535. The lowest BCUT2D eigenvalue weighted by Gasteiger charge is -2.22. The predicted molar refractivity (Wildman–Crippen MR) is 55.4 cm³/mol. The Bertz CT molecular complexity index is 371. The van der Waals surface area contributed by atoms with Gasteiger partial charge in [-0.25, -0.2) is 9.67 Å². The van der Waals surface area contributed by atoms with E-state index in [1.807, 2.05) is 4.68 Å². The van der Waals surface area contributed by atoms with Gasteiger partial charge in [0, 0.05) is 6.42 Å². The minimum Gasteiger partial charge on any atom is -0.363 e. The molecule has 1 amide bonds. The largest absolute Gasteiger partial charge is 0.363 e. The summed E-state index contributed by atoms with van der Waals surface area (Å²) in [5.74, 6) is 0.536. The maximum Gasteiger partial charge on any atom is 0.288 e. The Morgan fingerprint density at radius 1 is 1.67 bits per heavy atom. The molecule has 15 heavy (non-hydrogen) atoms. The summed E-state index contributed by atoms with van der Waals surface area (Å²) in [6.07, 6.45) is 5.37. The van der Waals surface area contributed by atoms with Crippen molar-refractivity contribution >= 4 is 5.91 Å². The van der Waals surface area contributed by atoms with Crippen molar-refractivity contribution in [2.75, 3.05) is 0 Å². The molecule has 0 fully saturated rings. The van der Waals surface area contributed by atoms with E-state index in [9.17, 15) is 4.79 Å². The van der Waals surface area contributed by atoms with Gasteiger partial charge in [-0.1, -0.05) is 13.3 Å². The standard InChI is InChI=1S/C10H16N4O/c1-2-4-7-5-3-6-8-12-10(9(11)15)13-14(7)8/h7H,2-6H2,1H3,(H2,11,15). The molecule has 82 valence electrons. The van der Waals surface area contributed by atoms with Gasteiger partial charge < -0.3 is 5.73 Å². The van der Waals surface area contributed by atoms with Gasteiger partial charge in [0.2, 0.25) is 5.82 Å². The summed E-state index contributed by atoms with van der Waals surface area (Å²) in [6, 6.07) is 0.402. The maximum absolute atomic E-state index is 11.0.